The van der Waals surface area contributed by atoms with Crippen LogP contribution in [0.25, 0.3) is 54.2 Å². The molecule has 8 aromatic carbocycles. The Hall–Kier alpha value is -2.35. The van der Waals surface area contributed by atoms with Gasteiger partial charge in [0.2, 0.25) is 0 Å². The van der Waals surface area contributed by atoms with Crippen LogP contribution in [0.15, 0.2) is 102 Å². The van der Waals surface area contributed by atoms with Crippen LogP contribution in [0.2, 0.25) is 0 Å². The molecule has 0 aromatic heterocycles. The molecular weight excluding hydrogens is 1860 g/mol. The second-order valence-electron chi connectivity index (χ2n) is 45.1. The summed E-state index contributed by atoms with van der Waals surface area (Å²) in [6.07, 6.45) is 18.7. The van der Waals surface area contributed by atoms with Crippen molar-refractivity contribution in [3.8, 4) is 22.6 Å². The van der Waals surface area contributed by atoms with Crippen LogP contribution in [0.4, 0.5) is 0 Å². The van der Waals surface area contributed by atoms with Crippen molar-refractivity contribution in [3.05, 3.63) is 185 Å². The Morgan fingerprint density at radius 3 is 0.910 bits per heavy atom. The molecular formula is C109H164BBrNa2O7PdPt-4. The average molecular weight is 2020 g/mol. The minimum atomic E-state index is -0.541. The molecule has 0 atom stereocenters. The predicted molar refractivity (Wildman–Crippen MR) is 519 cm³/mol. The van der Waals surface area contributed by atoms with Crippen molar-refractivity contribution in [2.24, 2.45) is 10.8 Å². The van der Waals surface area contributed by atoms with E-state index in [4.69, 9.17) is 19.4 Å². The molecule has 678 valence electrons. The molecule has 0 saturated carbocycles. The monoisotopic (exact) mass is 2020 g/mol. The molecule has 7 nitrogen and oxygen atoms in total. The van der Waals surface area contributed by atoms with Crippen molar-refractivity contribution >= 4 is 78.1 Å². The number of rotatable bonds is 10. The van der Waals surface area contributed by atoms with Crippen LogP contribution in [0.3, 0.4) is 0 Å². The van der Waals surface area contributed by atoms with Gasteiger partial charge in [-0.05, 0) is 326 Å². The third-order valence-corrected chi connectivity index (χ3v) is 28.0. The number of carbonyl (C=O) groups excluding carboxylic acids is 1. The number of phenols is 2. The molecule has 5 aliphatic rings. The van der Waals surface area contributed by atoms with Crippen molar-refractivity contribution in [2.75, 3.05) is 0 Å². The second-order valence-corrected chi connectivity index (χ2v) is 45.9. The van der Waals surface area contributed by atoms with Crippen LogP contribution >= 0.6 is 15.9 Å². The fourth-order valence-corrected chi connectivity index (χ4v) is 19.6. The van der Waals surface area contributed by atoms with Gasteiger partial charge in [0, 0.05) is 62.6 Å². The number of benzene rings is 8. The van der Waals surface area contributed by atoms with Gasteiger partial charge >= 0.3 is 66.2 Å². The summed E-state index contributed by atoms with van der Waals surface area (Å²) in [6.45, 7) is 86.8. The van der Waals surface area contributed by atoms with Crippen LogP contribution < -0.4 is 69.8 Å². The number of hydrogen-bond donors (Lipinski definition) is 2. The largest absolute Gasteiger partial charge is 1.00 e. The van der Waals surface area contributed by atoms with Crippen LogP contribution in [0, 0.1) is 39.0 Å². The standard InChI is InChI=1S/C44H58O.C30H37Br.C20H33BO3.3C4H9.CH2O3.CH4.CH3.2Na.Pd.Pt.H/c1-39(2,3)26-44(12,13)29-14-15-37(45)32(23-29)38-30-24-35-33(40(4,5)16-18-42(35,8)9)21-27(30)20-28-22-34-36(25-31(28)38)43(10,11)19-17-41(34,6)7;1-27(2)9-11-29(5,6)24-16-20-18(14-22(24)27)13-19-15-23-25(17-21(19)26(20)31)30(7,8)12-10-28(23,3)4;1-17(2,3)13-18(4,5)14-10-11-16(22)15(12-14)21-23-19(6,7)20(8,9)24-21;3*1-3-4-2;2-1-4-3;;;;;;;/h14-15,20-25,45H,16-19,26H2,1-13H3;13-17H,9-12H2,1-8H3;10-12,22H,13H2,1-9H3;3*1,3-4H2,2H3;1,3H;1H4;1H3;;;;;/q;;;3*-1;;;-1;2*+1;;;-1/p-1. The SMILES string of the molecule is C.CC(C)(C)CC(C)(C)c1ccc(O)c(-c2c3cc4c(cc3cc3cc5c(cc23)C(C)(C)CCC5(C)C)C(C)(C)CCC4(C)C)c1.CC(C)(C)CC(C)(C)c1ccc(O)c(B2OC(C)(C)C(C)(C)O2)c1.CC1(C)CCC(C)(C)c2cc3c(Br)c4cc5c(cc4cc3cc21)C(C)(C)CCC5(C)C.O=CO[O-].[CH2-]CCC.[CH2-]CCC.[CH2-]CCC.[CH3-].[H-].[Na+].[Na+].[Pd].[Pt]. The summed E-state index contributed by atoms with van der Waals surface area (Å²) < 4.78 is 13.5. The van der Waals surface area contributed by atoms with Crippen LogP contribution in [0.5, 0.6) is 11.5 Å². The number of halogens is 1. The molecule has 1 heterocycles. The maximum absolute atomic E-state index is 11.8. The molecule has 4 aliphatic carbocycles. The number of aromatic hydroxyl groups is 2. The van der Waals surface area contributed by atoms with Gasteiger partial charge in [0.1, 0.15) is 11.5 Å². The van der Waals surface area contributed by atoms with E-state index in [1.54, 1.807) is 17.2 Å². The van der Waals surface area contributed by atoms with E-state index in [1.807, 2.05) is 45.9 Å². The number of unbranched alkanes of at least 4 members (excludes halogenated alkanes) is 3. The summed E-state index contributed by atoms with van der Waals surface area (Å²) in [6, 6.07) is 37.2. The van der Waals surface area contributed by atoms with Gasteiger partial charge in [-0.15, -0.1) is 0 Å². The first-order chi connectivity index (χ1) is 53.1. The molecule has 0 amide bonds. The first kappa shape index (κ1) is 118. The Labute approximate surface area is 829 Å². The van der Waals surface area contributed by atoms with Crippen molar-refractivity contribution in [1.29, 1.82) is 0 Å². The van der Waals surface area contributed by atoms with Crippen molar-refractivity contribution < 1.29 is 136 Å². The molecule has 122 heavy (non-hydrogen) atoms. The number of phenolic OH excluding ortho intramolecular Hbond substituents is 2. The maximum Gasteiger partial charge on any atom is 1.00 e. The fourth-order valence-electron chi connectivity index (χ4n) is 18.9. The first-order valence-electron chi connectivity index (χ1n) is 44.1. The van der Waals surface area contributed by atoms with Gasteiger partial charge in [-0.2, -0.15) is 19.3 Å². The summed E-state index contributed by atoms with van der Waals surface area (Å²) in [5.74, 6) is 0.595. The summed E-state index contributed by atoms with van der Waals surface area (Å²) in [5, 5.41) is 41.1. The van der Waals surface area contributed by atoms with Gasteiger partial charge in [0.05, 0.1) is 11.2 Å². The molecule has 0 unspecified atom stereocenters. The quantitative estimate of drug-likeness (QED) is 0.0351. The second kappa shape index (κ2) is 44.2. The predicted octanol–water partition coefficient (Wildman–Crippen LogP) is 25.1. The van der Waals surface area contributed by atoms with Gasteiger partial charge in [0.25, 0.3) is 6.47 Å². The van der Waals surface area contributed by atoms with Crippen LogP contribution in [-0.4, -0.2) is 35.0 Å². The Morgan fingerprint density at radius 1 is 0.434 bits per heavy atom. The molecule has 13 heteroatoms. The smallest absolute Gasteiger partial charge is 1.00 e. The van der Waals surface area contributed by atoms with E-state index in [2.05, 4.69) is 315 Å². The maximum atomic E-state index is 11.8. The van der Waals surface area contributed by atoms with Gasteiger partial charge in [-0.25, -0.2) is 0 Å². The number of fused-ring (bicyclic) bond motifs is 8. The number of carbonyl (C=O) groups is 1. The van der Waals surface area contributed by atoms with Crippen molar-refractivity contribution in [2.45, 2.75) is 404 Å². The Balaban J connectivity index is 0.00000168. The molecule has 13 rings (SSSR count). The molecule has 0 radical (unpaired) electrons. The van der Waals surface area contributed by atoms with Crippen LogP contribution in [-0.2, 0) is 115 Å². The molecule has 0 bridgehead atoms. The van der Waals surface area contributed by atoms with E-state index in [0.29, 0.717) is 11.2 Å². The first-order valence-corrected chi connectivity index (χ1v) is 44.8. The third-order valence-electron chi connectivity index (χ3n) is 27.1. The molecule has 0 spiro atoms. The molecule has 8 aromatic rings. The van der Waals surface area contributed by atoms with E-state index in [1.165, 1.54) is 168 Å². The zero-order valence-corrected chi connectivity index (χ0v) is 92.2. The Kier molecular flexibility index (Phi) is 42.7. The molecule has 1 fully saturated rings. The average Bonchev–Trinajstić information content (AvgIpc) is 1.10. The Morgan fingerprint density at radius 2 is 0.664 bits per heavy atom. The van der Waals surface area contributed by atoms with Gasteiger partial charge in [-0.1, -0.05) is 270 Å². The summed E-state index contributed by atoms with van der Waals surface area (Å²) >= 11 is 4.07. The summed E-state index contributed by atoms with van der Waals surface area (Å²) in [7, 11) is -0.541. The van der Waals surface area contributed by atoms with Gasteiger partial charge < -0.3 is 59.3 Å². The van der Waals surface area contributed by atoms with Crippen molar-refractivity contribution in [3.63, 3.8) is 0 Å². The minimum Gasteiger partial charge on any atom is -1.00 e. The van der Waals surface area contributed by atoms with E-state index < -0.39 is 18.3 Å². The summed E-state index contributed by atoms with van der Waals surface area (Å²) in [4.78, 5) is 11.2. The molecule has 1 saturated heterocycles. The Bertz CT molecular complexity index is 4580. The van der Waals surface area contributed by atoms with Crippen molar-refractivity contribution in [1.82, 2.24) is 0 Å². The third kappa shape index (κ3) is 27.2. The van der Waals surface area contributed by atoms with Gasteiger partial charge in [0.15, 0.2) is 0 Å². The van der Waals surface area contributed by atoms with E-state index in [9.17, 15) is 10.2 Å². The topological polar surface area (TPSA) is 108 Å². The van der Waals surface area contributed by atoms with E-state index >= 15 is 0 Å². The molecule has 2 N–H and O–H groups in total. The van der Waals surface area contributed by atoms with E-state index in [-0.39, 0.29) is 194 Å². The minimum absolute atomic E-state index is 0. The summed E-state index contributed by atoms with van der Waals surface area (Å²) in [5.41, 5.74) is 18.4. The molecule has 1 aliphatic heterocycles. The van der Waals surface area contributed by atoms with E-state index in [0.717, 1.165) is 37.7 Å². The zero-order chi connectivity index (χ0) is 87.9. The zero-order valence-electron chi connectivity index (χ0n) is 83.8. The van der Waals surface area contributed by atoms with Gasteiger partial charge in [-0.3, -0.25) is 4.79 Å². The number of hydrogen-bond acceptors (Lipinski definition) is 7. The fraction of sp³-hybridized carbons (Fsp3) is 0.587. The normalized spacial score (nSPS) is 18.2. The van der Waals surface area contributed by atoms with Crippen LogP contribution in [0.1, 0.15) is 396 Å².